The fourth-order valence-electron chi connectivity index (χ4n) is 1.48. The molecule has 0 N–H and O–H groups in total. The molecular weight excluding hydrogens is 196 g/mol. The molecule has 1 heterocycles. The molecule has 1 rings (SSSR count). The van der Waals surface area contributed by atoms with E-state index in [1.54, 1.807) is 0 Å². The normalized spacial score (nSPS) is 9.86. The zero-order valence-corrected chi connectivity index (χ0v) is 10.0. The van der Waals surface area contributed by atoms with Gasteiger partial charge in [0.1, 0.15) is 12.4 Å². The van der Waals surface area contributed by atoms with Gasteiger partial charge in [0.15, 0.2) is 0 Å². The van der Waals surface area contributed by atoms with Crippen LogP contribution in [0.2, 0.25) is 0 Å². The number of hydrogen-bond donors (Lipinski definition) is 0. The maximum Gasteiger partial charge on any atom is 0.243 e. The standard InChI is InChI=1S/C11H21N2.ClH/c1-3-5-6-7-8-13-10-9-12(4-2)11-13;/h9-11H,3-8H2,1-2H3;1H/q+1;/p-1. The lowest BCUT2D eigenvalue weighted by atomic mass is 10.2. The van der Waals surface area contributed by atoms with Crippen LogP contribution in [0.4, 0.5) is 0 Å². The number of rotatable bonds is 6. The van der Waals surface area contributed by atoms with Crippen LogP contribution in [0.1, 0.15) is 39.5 Å². The fourth-order valence-corrected chi connectivity index (χ4v) is 1.48. The molecule has 0 bridgehead atoms. The summed E-state index contributed by atoms with van der Waals surface area (Å²) >= 11 is 0. The Morgan fingerprint density at radius 2 is 1.93 bits per heavy atom. The SMILES string of the molecule is CCCCCC[n+]1ccn(CC)c1.[Cl-]. The molecule has 14 heavy (non-hydrogen) atoms. The van der Waals surface area contributed by atoms with Gasteiger partial charge in [-0.05, 0) is 19.8 Å². The summed E-state index contributed by atoms with van der Waals surface area (Å²) in [7, 11) is 0. The molecule has 0 aliphatic heterocycles. The van der Waals surface area contributed by atoms with Gasteiger partial charge in [-0.15, -0.1) is 0 Å². The third-order valence-electron chi connectivity index (χ3n) is 2.38. The smallest absolute Gasteiger partial charge is 0.243 e. The molecule has 0 aliphatic carbocycles. The Bertz CT molecular complexity index is 233. The Hall–Kier alpha value is -0.500. The zero-order chi connectivity index (χ0) is 9.52. The number of aromatic nitrogens is 2. The zero-order valence-electron chi connectivity index (χ0n) is 9.25. The van der Waals surface area contributed by atoms with Crippen molar-refractivity contribution in [2.75, 3.05) is 0 Å². The molecule has 0 unspecified atom stereocenters. The van der Waals surface area contributed by atoms with Crippen molar-refractivity contribution >= 4 is 0 Å². The van der Waals surface area contributed by atoms with Crippen LogP contribution >= 0.6 is 0 Å². The van der Waals surface area contributed by atoms with E-state index in [0.29, 0.717) is 0 Å². The number of nitrogens with zero attached hydrogens (tertiary/aromatic N) is 2. The predicted molar refractivity (Wildman–Crippen MR) is 54.4 cm³/mol. The second kappa shape index (κ2) is 7.86. The average molecular weight is 217 g/mol. The van der Waals surface area contributed by atoms with E-state index < -0.39 is 0 Å². The van der Waals surface area contributed by atoms with Crippen molar-refractivity contribution in [1.82, 2.24) is 4.57 Å². The van der Waals surface area contributed by atoms with Gasteiger partial charge in [0.05, 0.1) is 13.1 Å². The van der Waals surface area contributed by atoms with Crippen molar-refractivity contribution in [3.8, 4) is 0 Å². The highest BCUT2D eigenvalue weighted by Gasteiger charge is 2.00. The quantitative estimate of drug-likeness (QED) is 0.443. The van der Waals surface area contributed by atoms with Crippen LogP contribution in [-0.2, 0) is 13.1 Å². The van der Waals surface area contributed by atoms with Gasteiger partial charge >= 0.3 is 0 Å². The lowest BCUT2D eigenvalue weighted by Gasteiger charge is -1.95. The van der Waals surface area contributed by atoms with Crippen LogP contribution in [0.25, 0.3) is 0 Å². The van der Waals surface area contributed by atoms with E-state index in [0.717, 1.165) is 6.54 Å². The van der Waals surface area contributed by atoms with Crippen LogP contribution in [-0.4, -0.2) is 4.57 Å². The minimum atomic E-state index is 0. The predicted octanol–water partition coefficient (Wildman–Crippen LogP) is -0.620. The molecule has 0 fully saturated rings. The van der Waals surface area contributed by atoms with Crippen LogP contribution < -0.4 is 17.0 Å². The number of hydrogen-bond acceptors (Lipinski definition) is 0. The summed E-state index contributed by atoms with van der Waals surface area (Å²) in [5, 5.41) is 0. The summed E-state index contributed by atoms with van der Waals surface area (Å²) in [6, 6.07) is 0. The first kappa shape index (κ1) is 13.5. The highest BCUT2D eigenvalue weighted by molar-refractivity contribution is 4.64. The lowest BCUT2D eigenvalue weighted by Crippen LogP contribution is -3.00. The Morgan fingerprint density at radius 3 is 2.50 bits per heavy atom. The van der Waals surface area contributed by atoms with Gasteiger partial charge in [-0.25, -0.2) is 9.13 Å². The summed E-state index contributed by atoms with van der Waals surface area (Å²) in [6.07, 6.45) is 11.9. The molecule has 0 spiro atoms. The molecule has 0 atom stereocenters. The van der Waals surface area contributed by atoms with Crippen molar-refractivity contribution in [2.24, 2.45) is 0 Å². The van der Waals surface area contributed by atoms with Gasteiger partial charge < -0.3 is 12.4 Å². The summed E-state index contributed by atoms with van der Waals surface area (Å²) in [6.45, 7) is 6.66. The van der Waals surface area contributed by atoms with E-state index in [4.69, 9.17) is 0 Å². The topological polar surface area (TPSA) is 8.81 Å². The molecule has 1 aromatic rings. The highest BCUT2D eigenvalue weighted by atomic mass is 35.5. The van der Waals surface area contributed by atoms with E-state index in [2.05, 4.69) is 41.7 Å². The number of halogens is 1. The first-order valence-corrected chi connectivity index (χ1v) is 5.41. The van der Waals surface area contributed by atoms with Gasteiger partial charge in [0.25, 0.3) is 0 Å². The second-order valence-corrected chi connectivity index (χ2v) is 3.54. The Kier molecular flexibility index (Phi) is 7.58. The Labute approximate surface area is 93.4 Å². The molecule has 2 nitrogen and oxygen atoms in total. The maximum absolute atomic E-state index is 2.28. The number of unbranched alkanes of at least 4 members (excludes halogenated alkanes) is 3. The number of aryl methyl sites for hydroxylation is 2. The van der Waals surface area contributed by atoms with Crippen molar-refractivity contribution in [1.29, 1.82) is 0 Å². The first-order valence-electron chi connectivity index (χ1n) is 5.41. The summed E-state index contributed by atoms with van der Waals surface area (Å²) in [4.78, 5) is 0. The van der Waals surface area contributed by atoms with Crippen LogP contribution in [0.3, 0.4) is 0 Å². The molecule has 0 saturated heterocycles. The van der Waals surface area contributed by atoms with Crippen molar-refractivity contribution in [2.45, 2.75) is 52.6 Å². The molecule has 0 radical (unpaired) electrons. The maximum atomic E-state index is 2.28. The average Bonchev–Trinajstić information content (AvgIpc) is 2.60. The summed E-state index contributed by atoms with van der Waals surface area (Å²) < 4.78 is 4.49. The van der Waals surface area contributed by atoms with Gasteiger partial charge in [-0.1, -0.05) is 19.8 Å². The molecule has 1 aromatic heterocycles. The molecule has 0 aromatic carbocycles. The van der Waals surface area contributed by atoms with Gasteiger partial charge in [-0.2, -0.15) is 0 Å². The van der Waals surface area contributed by atoms with E-state index in [-0.39, 0.29) is 12.4 Å². The van der Waals surface area contributed by atoms with E-state index in [1.165, 1.54) is 32.2 Å². The van der Waals surface area contributed by atoms with Crippen LogP contribution in [0.15, 0.2) is 18.7 Å². The summed E-state index contributed by atoms with van der Waals surface area (Å²) in [5.41, 5.74) is 0. The third-order valence-corrected chi connectivity index (χ3v) is 2.38. The molecule has 3 heteroatoms. The van der Waals surface area contributed by atoms with Gasteiger partial charge in [0, 0.05) is 0 Å². The Balaban J connectivity index is 0.00000169. The van der Waals surface area contributed by atoms with E-state index in [1.807, 2.05) is 0 Å². The molecule has 82 valence electrons. The molecule has 0 saturated carbocycles. The minimum absolute atomic E-state index is 0. The largest absolute Gasteiger partial charge is 1.00 e. The van der Waals surface area contributed by atoms with Crippen LogP contribution in [0, 0.1) is 0 Å². The fraction of sp³-hybridized carbons (Fsp3) is 0.727. The lowest BCUT2D eigenvalue weighted by molar-refractivity contribution is -0.696. The van der Waals surface area contributed by atoms with Crippen molar-refractivity contribution < 1.29 is 17.0 Å². The number of imidazole rings is 1. The highest BCUT2D eigenvalue weighted by Crippen LogP contribution is 1.98. The monoisotopic (exact) mass is 216 g/mol. The van der Waals surface area contributed by atoms with Crippen LogP contribution in [0.5, 0.6) is 0 Å². The third kappa shape index (κ3) is 4.66. The van der Waals surface area contributed by atoms with Crippen molar-refractivity contribution in [3.05, 3.63) is 18.7 Å². The van der Waals surface area contributed by atoms with E-state index in [9.17, 15) is 0 Å². The second-order valence-electron chi connectivity index (χ2n) is 3.54. The Morgan fingerprint density at radius 1 is 1.14 bits per heavy atom. The first-order chi connectivity index (χ1) is 6.36. The van der Waals surface area contributed by atoms with Crippen molar-refractivity contribution in [3.63, 3.8) is 0 Å². The van der Waals surface area contributed by atoms with Gasteiger partial charge in [-0.3, -0.25) is 0 Å². The molecular formula is C11H21ClN2. The van der Waals surface area contributed by atoms with E-state index >= 15 is 0 Å². The summed E-state index contributed by atoms with van der Waals surface area (Å²) in [5.74, 6) is 0. The molecule has 0 aliphatic rings. The minimum Gasteiger partial charge on any atom is -1.00 e. The van der Waals surface area contributed by atoms with Gasteiger partial charge in [0.2, 0.25) is 6.33 Å². The molecule has 0 amide bonds.